The van der Waals surface area contributed by atoms with Crippen molar-refractivity contribution >= 4 is 33.3 Å². The molecule has 2 rings (SSSR count). The van der Waals surface area contributed by atoms with Gasteiger partial charge in [0, 0.05) is 12.7 Å². The van der Waals surface area contributed by atoms with E-state index < -0.39 is 0 Å². The highest BCUT2D eigenvalue weighted by Crippen LogP contribution is 2.24. The maximum absolute atomic E-state index is 5.86. The molecule has 1 aliphatic rings. The van der Waals surface area contributed by atoms with Crippen molar-refractivity contribution in [2.24, 2.45) is 5.92 Å². The predicted octanol–water partition coefficient (Wildman–Crippen LogP) is 3.25. The number of hydrogen-bond donors (Lipinski definition) is 1. The summed E-state index contributed by atoms with van der Waals surface area (Å²) in [5.41, 5.74) is 0. The molecule has 0 radical (unpaired) electrons. The molecule has 2 heterocycles. The number of rotatable bonds is 3. The molecule has 1 aliphatic heterocycles. The van der Waals surface area contributed by atoms with Gasteiger partial charge in [0.05, 0.1) is 9.50 Å². The third-order valence-electron chi connectivity index (χ3n) is 3.20. The van der Waals surface area contributed by atoms with Crippen LogP contribution in [0.15, 0.2) is 16.7 Å². The third kappa shape index (κ3) is 3.83. The minimum atomic E-state index is 0.654. The van der Waals surface area contributed by atoms with Crippen molar-refractivity contribution in [3.05, 3.63) is 21.8 Å². The Balaban J connectivity index is 1.85. The first kappa shape index (κ1) is 13.1. The Morgan fingerprint density at radius 2 is 2.24 bits per heavy atom. The summed E-state index contributed by atoms with van der Waals surface area (Å²) in [7, 11) is 2.18. The second-order valence-corrected chi connectivity index (χ2v) is 5.90. The van der Waals surface area contributed by atoms with E-state index in [4.69, 9.17) is 11.6 Å². The lowest BCUT2D eigenvalue weighted by atomic mass is 9.97. The number of pyridine rings is 1. The second-order valence-electron chi connectivity index (χ2n) is 4.61. The molecule has 1 saturated heterocycles. The van der Waals surface area contributed by atoms with Gasteiger partial charge in [0.2, 0.25) is 0 Å². The molecule has 3 nitrogen and oxygen atoms in total. The van der Waals surface area contributed by atoms with Crippen molar-refractivity contribution in [1.29, 1.82) is 0 Å². The van der Waals surface area contributed by atoms with Crippen LogP contribution >= 0.6 is 27.5 Å². The number of anilines is 1. The van der Waals surface area contributed by atoms with Gasteiger partial charge in [0.15, 0.2) is 0 Å². The molecule has 0 atom stereocenters. The first-order valence-electron chi connectivity index (χ1n) is 5.88. The van der Waals surface area contributed by atoms with Gasteiger partial charge in [-0.25, -0.2) is 4.98 Å². The highest BCUT2D eigenvalue weighted by molar-refractivity contribution is 9.10. The molecule has 1 aromatic heterocycles. The maximum Gasteiger partial charge on any atom is 0.140 e. The zero-order chi connectivity index (χ0) is 12.3. The molecule has 5 heteroatoms. The fourth-order valence-electron chi connectivity index (χ4n) is 2.05. The van der Waals surface area contributed by atoms with Gasteiger partial charge < -0.3 is 10.2 Å². The smallest absolute Gasteiger partial charge is 0.140 e. The summed E-state index contributed by atoms with van der Waals surface area (Å²) >= 11 is 9.32. The lowest BCUT2D eigenvalue weighted by Crippen LogP contribution is -2.33. The van der Waals surface area contributed by atoms with Crippen LogP contribution in [0.1, 0.15) is 12.8 Å². The number of likely N-dealkylation sites (tertiary alicyclic amines) is 1. The van der Waals surface area contributed by atoms with Crippen LogP contribution in [0.5, 0.6) is 0 Å². The number of halogens is 2. The van der Waals surface area contributed by atoms with E-state index in [0.717, 1.165) is 22.8 Å². The van der Waals surface area contributed by atoms with Gasteiger partial charge in [-0.2, -0.15) is 0 Å². The Bertz CT molecular complexity index is 378. The summed E-state index contributed by atoms with van der Waals surface area (Å²) in [6, 6.07) is 1.87. The van der Waals surface area contributed by atoms with Gasteiger partial charge in [-0.15, -0.1) is 0 Å². The number of aromatic nitrogens is 1. The summed E-state index contributed by atoms with van der Waals surface area (Å²) < 4.78 is 0.929. The average Bonchev–Trinajstić information content (AvgIpc) is 2.30. The van der Waals surface area contributed by atoms with Crippen LogP contribution in [0.25, 0.3) is 0 Å². The fraction of sp³-hybridized carbons (Fsp3) is 0.583. The van der Waals surface area contributed by atoms with Gasteiger partial charge in [-0.05, 0) is 60.9 Å². The van der Waals surface area contributed by atoms with Gasteiger partial charge in [-0.1, -0.05) is 11.6 Å². The second kappa shape index (κ2) is 6.03. The lowest BCUT2D eigenvalue weighted by Gasteiger charge is -2.29. The van der Waals surface area contributed by atoms with Crippen LogP contribution in [0.3, 0.4) is 0 Å². The van der Waals surface area contributed by atoms with Crippen LogP contribution in [0.4, 0.5) is 5.82 Å². The van der Waals surface area contributed by atoms with E-state index in [9.17, 15) is 0 Å². The minimum absolute atomic E-state index is 0.654. The molecule has 1 N–H and O–H groups in total. The van der Waals surface area contributed by atoms with Crippen molar-refractivity contribution in [3.8, 4) is 0 Å². The van der Waals surface area contributed by atoms with Crippen molar-refractivity contribution in [1.82, 2.24) is 9.88 Å². The summed E-state index contributed by atoms with van der Waals surface area (Å²) in [4.78, 5) is 6.66. The Kier molecular flexibility index (Phi) is 4.65. The summed E-state index contributed by atoms with van der Waals surface area (Å²) in [6.45, 7) is 3.38. The first-order chi connectivity index (χ1) is 8.15. The van der Waals surface area contributed by atoms with E-state index in [-0.39, 0.29) is 0 Å². The third-order valence-corrected chi connectivity index (χ3v) is 4.02. The Hall–Kier alpha value is -0.320. The van der Waals surface area contributed by atoms with E-state index in [1.54, 1.807) is 6.20 Å². The minimum Gasteiger partial charge on any atom is -0.369 e. The van der Waals surface area contributed by atoms with Crippen molar-refractivity contribution < 1.29 is 0 Å². The van der Waals surface area contributed by atoms with E-state index in [1.807, 2.05) is 6.07 Å². The predicted molar refractivity (Wildman–Crippen MR) is 75.7 cm³/mol. The molecular weight excluding hydrogens is 302 g/mol. The summed E-state index contributed by atoms with van der Waals surface area (Å²) in [5, 5.41) is 4.04. The molecule has 0 saturated carbocycles. The number of hydrogen-bond acceptors (Lipinski definition) is 3. The lowest BCUT2D eigenvalue weighted by molar-refractivity contribution is 0.226. The molecule has 17 heavy (non-hydrogen) atoms. The number of nitrogens with one attached hydrogen (secondary N) is 1. The Labute approximate surface area is 116 Å². The highest BCUT2D eigenvalue weighted by Gasteiger charge is 2.16. The quantitative estimate of drug-likeness (QED) is 0.927. The molecule has 0 bridgehead atoms. The Morgan fingerprint density at radius 1 is 1.53 bits per heavy atom. The number of piperidine rings is 1. The molecule has 1 fully saturated rings. The normalized spacial score (nSPS) is 18.3. The van der Waals surface area contributed by atoms with Crippen LogP contribution in [0.2, 0.25) is 5.02 Å². The topological polar surface area (TPSA) is 28.2 Å². The average molecular weight is 319 g/mol. The first-order valence-corrected chi connectivity index (χ1v) is 7.05. The van der Waals surface area contributed by atoms with Crippen molar-refractivity contribution in [2.75, 3.05) is 32.0 Å². The standard InChI is InChI=1S/C12H17BrClN3/c1-17-4-2-9(3-5-17)7-15-12-11(13)6-10(14)8-16-12/h6,8-9H,2-5,7H2,1H3,(H,15,16). The molecule has 0 aliphatic carbocycles. The fourth-order valence-corrected chi connectivity index (χ4v) is 2.83. The summed E-state index contributed by atoms with van der Waals surface area (Å²) in [5.74, 6) is 1.63. The molecule has 1 aromatic rings. The molecule has 0 amide bonds. The van der Waals surface area contributed by atoms with E-state index >= 15 is 0 Å². The Morgan fingerprint density at radius 3 is 2.88 bits per heavy atom. The van der Waals surface area contributed by atoms with Crippen LogP contribution < -0.4 is 5.32 Å². The zero-order valence-electron chi connectivity index (χ0n) is 9.92. The van der Waals surface area contributed by atoms with Crippen molar-refractivity contribution in [2.45, 2.75) is 12.8 Å². The number of nitrogens with zero attached hydrogens (tertiary/aromatic N) is 2. The van der Waals surface area contributed by atoms with Gasteiger partial charge in [0.25, 0.3) is 0 Å². The molecule has 0 unspecified atom stereocenters. The monoisotopic (exact) mass is 317 g/mol. The van der Waals surface area contributed by atoms with Gasteiger partial charge in [0.1, 0.15) is 5.82 Å². The summed E-state index contributed by atoms with van der Waals surface area (Å²) in [6.07, 6.45) is 4.19. The largest absolute Gasteiger partial charge is 0.369 e. The molecule has 94 valence electrons. The van der Waals surface area contributed by atoms with Crippen LogP contribution in [0, 0.1) is 5.92 Å². The van der Waals surface area contributed by atoms with Crippen LogP contribution in [-0.2, 0) is 0 Å². The molecular formula is C12H17BrClN3. The van der Waals surface area contributed by atoms with E-state index in [0.29, 0.717) is 5.02 Å². The zero-order valence-corrected chi connectivity index (χ0v) is 12.3. The highest BCUT2D eigenvalue weighted by atomic mass is 79.9. The van der Waals surface area contributed by atoms with Gasteiger partial charge in [-0.3, -0.25) is 0 Å². The SMILES string of the molecule is CN1CCC(CNc2ncc(Cl)cc2Br)CC1. The van der Waals surface area contributed by atoms with Crippen molar-refractivity contribution in [3.63, 3.8) is 0 Å². The molecule has 0 aromatic carbocycles. The molecule has 0 spiro atoms. The van der Waals surface area contributed by atoms with Gasteiger partial charge >= 0.3 is 0 Å². The van der Waals surface area contributed by atoms with Crippen LogP contribution in [-0.4, -0.2) is 36.6 Å². The maximum atomic E-state index is 5.86. The van der Waals surface area contributed by atoms with E-state index in [1.165, 1.54) is 25.9 Å². The van der Waals surface area contributed by atoms with E-state index in [2.05, 4.69) is 38.2 Å².